The lowest BCUT2D eigenvalue weighted by molar-refractivity contribution is -0.387. The predicted molar refractivity (Wildman–Crippen MR) is 90.3 cm³/mol. The third-order valence-corrected chi connectivity index (χ3v) is 5.89. The van der Waals surface area contributed by atoms with E-state index in [1.807, 2.05) is 18.2 Å². The van der Waals surface area contributed by atoms with E-state index in [9.17, 15) is 18.5 Å². The number of nitrogens with zero attached hydrogens (tertiary/aromatic N) is 1. The molecule has 2 aromatic rings. The Morgan fingerprint density at radius 3 is 2.58 bits per heavy atom. The van der Waals surface area contributed by atoms with Gasteiger partial charge in [-0.2, -0.15) is 0 Å². The first-order chi connectivity index (χ1) is 11.4. The lowest BCUT2D eigenvalue weighted by Gasteiger charge is -2.16. The van der Waals surface area contributed by atoms with Gasteiger partial charge in [0.15, 0.2) is 4.90 Å². The van der Waals surface area contributed by atoms with Gasteiger partial charge in [0.1, 0.15) is 0 Å². The molecular formula is C17H18N2O4S. The quantitative estimate of drug-likeness (QED) is 0.665. The zero-order chi connectivity index (χ0) is 17.3. The van der Waals surface area contributed by atoms with Gasteiger partial charge < -0.3 is 0 Å². The Hall–Kier alpha value is -2.25. The highest BCUT2D eigenvalue weighted by Crippen LogP contribution is 2.28. The number of hydrogen-bond acceptors (Lipinski definition) is 4. The molecule has 0 saturated carbocycles. The van der Waals surface area contributed by atoms with Crippen LogP contribution >= 0.6 is 0 Å². The number of nitrogens with one attached hydrogen (secondary N) is 1. The van der Waals surface area contributed by atoms with E-state index < -0.39 is 26.7 Å². The minimum absolute atomic E-state index is 0.317. The standard InChI is InChI=1S/C17H18N2O4S/c1-12(14-10-9-13-5-4-6-15(13)11-14)18-24(22,23)17-8-3-2-7-16(17)19(20)21/h2-3,7-12,18H,4-6H2,1H3/t12-/m1/s1. The summed E-state index contributed by atoms with van der Waals surface area (Å²) < 4.78 is 27.7. The topological polar surface area (TPSA) is 89.3 Å². The van der Waals surface area contributed by atoms with Crippen molar-refractivity contribution in [2.45, 2.75) is 37.1 Å². The smallest absolute Gasteiger partial charge is 0.258 e. The average Bonchev–Trinajstić information content (AvgIpc) is 3.02. The van der Waals surface area contributed by atoms with Gasteiger partial charge in [0, 0.05) is 12.1 Å². The summed E-state index contributed by atoms with van der Waals surface area (Å²) in [6.45, 7) is 1.74. The highest BCUT2D eigenvalue weighted by Gasteiger charge is 2.27. The van der Waals surface area contributed by atoms with Gasteiger partial charge in [0.05, 0.1) is 4.92 Å². The van der Waals surface area contributed by atoms with Crippen LogP contribution in [-0.4, -0.2) is 13.3 Å². The maximum Gasteiger partial charge on any atom is 0.289 e. The Kier molecular flexibility index (Phi) is 4.38. The van der Waals surface area contributed by atoms with Crippen LogP contribution in [0.15, 0.2) is 47.4 Å². The summed E-state index contributed by atoms with van der Waals surface area (Å²) in [6.07, 6.45) is 3.19. The Labute approximate surface area is 140 Å². The Morgan fingerprint density at radius 1 is 1.12 bits per heavy atom. The molecule has 24 heavy (non-hydrogen) atoms. The summed E-state index contributed by atoms with van der Waals surface area (Å²) >= 11 is 0. The van der Waals surface area contributed by atoms with Crippen molar-refractivity contribution >= 4 is 15.7 Å². The lowest BCUT2D eigenvalue weighted by atomic mass is 10.0. The minimum Gasteiger partial charge on any atom is -0.258 e. The molecule has 7 heteroatoms. The zero-order valence-electron chi connectivity index (χ0n) is 13.2. The third-order valence-electron chi connectivity index (χ3n) is 4.31. The fourth-order valence-corrected chi connectivity index (χ4v) is 4.46. The number of sulfonamides is 1. The first-order valence-corrected chi connectivity index (χ1v) is 9.24. The number of hydrogen-bond donors (Lipinski definition) is 1. The van der Waals surface area contributed by atoms with Crippen molar-refractivity contribution in [2.24, 2.45) is 0 Å². The van der Waals surface area contributed by atoms with Gasteiger partial charge in [0.25, 0.3) is 5.69 Å². The van der Waals surface area contributed by atoms with Gasteiger partial charge in [-0.25, -0.2) is 13.1 Å². The Balaban J connectivity index is 1.88. The average molecular weight is 346 g/mol. The SMILES string of the molecule is C[C@@H](NS(=O)(=O)c1ccccc1[N+](=O)[O-])c1ccc2c(c1)CCC2. The van der Waals surface area contributed by atoms with Crippen LogP contribution in [0.25, 0.3) is 0 Å². The number of rotatable bonds is 5. The minimum atomic E-state index is -3.99. The van der Waals surface area contributed by atoms with Crippen molar-refractivity contribution in [2.75, 3.05) is 0 Å². The second kappa shape index (κ2) is 6.33. The van der Waals surface area contributed by atoms with Gasteiger partial charge in [-0.15, -0.1) is 0 Å². The molecule has 1 aliphatic rings. The number of para-hydroxylation sites is 1. The van der Waals surface area contributed by atoms with Gasteiger partial charge >= 0.3 is 0 Å². The van der Waals surface area contributed by atoms with E-state index in [1.165, 1.54) is 35.4 Å². The number of nitro benzene ring substituents is 1. The molecule has 126 valence electrons. The van der Waals surface area contributed by atoms with E-state index in [2.05, 4.69) is 4.72 Å². The van der Waals surface area contributed by atoms with Crippen molar-refractivity contribution in [3.05, 3.63) is 69.3 Å². The fraction of sp³-hybridized carbons (Fsp3) is 0.294. The second-order valence-electron chi connectivity index (χ2n) is 5.95. The summed E-state index contributed by atoms with van der Waals surface area (Å²) in [5, 5.41) is 11.1. The van der Waals surface area contributed by atoms with Crippen LogP contribution in [0.1, 0.15) is 36.1 Å². The molecule has 1 atom stereocenters. The number of fused-ring (bicyclic) bond motifs is 1. The molecule has 0 fully saturated rings. The molecule has 0 radical (unpaired) electrons. The summed E-state index contributed by atoms with van der Waals surface area (Å²) in [7, 11) is -3.99. The molecule has 0 bridgehead atoms. The fourth-order valence-electron chi connectivity index (χ4n) is 3.06. The van der Waals surface area contributed by atoms with E-state index in [-0.39, 0.29) is 4.90 Å². The molecule has 2 aromatic carbocycles. The molecule has 1 aliphatic carbocycles. The molecule has 0 amide bonds. The van der Waals surface area contributed by atoms with Crippen LogP contribution in [0, 0.1) is 10.1 Å². The van der Waals surface area contributed by atoms with Crippen LogP contribution in [0.2, 0.25) is 0 Å². The molecule has 1 N–H and O–H groups in total. The predicted octanol–water partition coefficient (Wildman–Crippen LogP) is 3.12. The second-order valence-corrected chi connectivity index (χ2v) is 7.63. The van der Waals surface area contributed by atoms with Gasteiger partial charge in [-0.1, -0.05) is 30.3 Å². The van der Waals surface area contributed by atoms with Crippen LogP contribution in [0.5, 0.6) is 0 Å². The Bertz CT molecular complexity index is 893. The molecule has 0 aromatic heterocycles. The molecule has 3 rings (SSSR count). The highest BCUT2D eigenvalue weighted by atomic mass is 32.2. The van der Waals surface area contributed by atoms with Crippen molar-refractivity contribution in [1.82, 2.24) is 4.72 Å². The van der Waals surface area contributed by atoms with Crippen molar-refractivity contribution in [1.29, 1.82) is 0 Å². The van der Waals surface area contributed by atoms with E-state index in [4.69, 9.17) is 0 Å². The molecular weight excluding hydrogens is 328 g/mol. The van der Waals surface area contributed by atoms with Crippen molar-refractivity contribution < 1.29 is 13.3 Å². The number of benzene rings is 2. The third kappa shape index (κ3) is 3.18. The first-order valence-electron chi connectivity index (χ1n) is 7.76. The van der Waals surface area contributed by atoms with E-state index in [0.717, 1.165) is 24.8 Å². The Morgan fingerprint density at radius 2 is 1.83 bits per heavy atom. The number of nitro groups is 1. The maximum atomic E-state index is 12.6. The van der Waals surface area contributed by atoms with Crippen LogP contribution in [0.4, 0.5) is 5.69 Å². The van der Waals surface area contributed by atoms with Crippen LogP contribution < -0.4 is 4.72 Å². The highest BCUT2D eigenvalue weighted by molar-refractivity contribution is 7.89. The molecule has 0 heterocycles. The van der Waals surface area contributed by atoms with E-state index in [0.29, 0.717) is 0 Å². The van der Waals surface area contributed by atoms with E-state index >= 15 is 0 Å². The van der Waals surface area contributed by atoms with Gasteiger partial charge in [-0.3, -0.25) is 10.1 Å². The van der Waals surface area contributed by atoms with Crippen LogP contribution in [-0.2, 0) is 22.9 Å². The normalized spacial score (nSPS) is 15.0. The molecule has 0 spiro atoms. The number of aryl methyl sites for hydroxylation is 2. The lowest BCUT2D eigenvalue weighted by Crippen LogP contribution is -2.27. The molecule has 0 aliphatic heterocycles. The first kappa shape index (κ1) is 16.6. The molecule has 6 nitrogen and oxygen atoms in total. The van der Waals surface area contributed by atoms with E-state index in [1.54, 1.807) is 6.92 Å². The summed E-state index contributed by atoms with van der Waals surface area (Å²) in [5.74, 6) is 0. The van der Waals surface area contributed by atoms with Crippen LogP contribution in [0.3, 0.4) is 0 Å². The largest absolute Gasteiger partial charge is 0.289 e. The zero-order valence-corrected chi connectivity index (χ0v) is 14.0. The summed E-state index contributed by atoms with van der Waals surface area (Å²) in [4.78, 5) is 10.1. The van der Waals surface area contributed by atoms with Crippen molar-refractivity contribution in [3.63, 3.8) is 0 Å². The maximum absolute atomic E-state index is 12.6. The summed E-state index contributed by atoms with van der Waals surface area (Å²) in [6, 6.07) is 10.9. The molecule has 0 unspecified atom stereocenters. The van der Waals surface area contributed by atoms with Gasteiger partial charge in [0.2, 0.25) is 10.0 Å². The van der Waals surface area contributed by atoms with Crippen molar-refractivity contribution in [3.8, 4) is 0 Å². The monoisotopic (exact) mass is 346 g/mol. The molecule has 0 saturated heterocycles. The van der Waals surface area contributed by atoms with Gasteiger partial charge in [-0.05, 0) is 48.9 Å². The summed E-state index contributed by atoms with van der Waals surface area (Å²) in [5.41, 5.74) is 3.00.